The fourth-order valence-electron chi connectivity index (χ4n) is 4.97. The first kappa shape index (κ1) is 32.0. The fraction of sp³-hybridized carbons (Fsp3) is 0.438. The van der Waals surface area contributed by atoms with Crippen LogP contribution in [0.2, 0.25) is 0 Å². The lowest BCUT2D eigenvalue weighted by Gasteiger charge is -2.38. The smallest absolute Gasteiger partial charge is 0.335 e. The van der Waals surface area contributed by atoms with Crippen molar-refractivity contribution in [1.82, 2.24) is 0 Å². The maximum atomic E-state index is 12.5. The molecule has 2 aliphatic rings. The molecule has 0 spiro atoms. The van der Waals surface area contributed by atoms with Crippen LogP contribution in [0.4, 0.5) is 5.69 Å². The summed E-state index contributed by atoms with van der Waals surface area (Å²) in [5.41, 5.74) is 5.42. The first-order valence-corrected chi connectivity index (χ1v) is 13.7. The summed E-state index contributed by atoms with van der Waals surface area (Å²) in [5, 5.41) is 41.7. The van der Waals surface area contributed by atoms with Gasteiger partial charge in [0.25, 0.3) is 0 Å². The molecule has 5 N–H and O–H groups in total. The van der Waals surface area contributed by atoms with Crippen LogP contribution in [-0.2, 0) is 14.3 Å². The van der Waals surface area contributed by atoms with Gasteiger partial charge in [0, 0.05) is 11.8 Å². The number of anilines is 1. The Bertz CT molecular complexity index is 1250. The van der Waals surface area contributed by atoms with Gasteiger partial charge in [-0.3, -0.25) is 4.79 Å². The maximum absolute atomic E-state index is 12.5. The van der Waals surface area contributed by atoms with Gasteiger partial charge in [-0.2, -0.15) is 0 Å². The number of hydrogen-bond donors (Lipinski definition) is 5. The standard InChI is InChI=1S/C32H41NO8/c1-19(11-16-24-21(3)10-7-17-32(24,4)5)8-6-9-20(2)18-25(34)33-22-12-14-23(15-13-22)40-31-28(37)26(35)27(36)29(41-31)30(38)39/h6,8-9,11-16,18,26-29,31,35-37H,7,10,17H2,1-5H3,(H,33,34)(H,38,39)/b9-6+,16-11+,19-8+,20-18+. The third-order valence-electron chi connectivity index (χ3n) is 7.32. The van der Waals surface area contributed by atoms with Gasteiger partial charge in [-0.25, -0.2) is 4.79 Å². The molecule has 1 aromatic carbocycles. The average Bonchev–Trinajstić information content (AvgIpc) is 2.89. The molecule has 5 atom stereocenters. The molecule has 0 bridgehead atoms. The SMILES string of the molecule is CC1=C(/C=C/C(C)=C/C=C/C(C)=C/C(=O)Nc2ccc(OC3OC(C(=O)O)C(O)C(O)C3O)cc2)C(C)(C)CCC1. The number of carbonyl (C=O) groups is 2. The van der Waals surface area contributed by atoms with Crippen molar-refractivity contribution in [3.63, 3.8) is 0 Å². The average molecular weight is 568 g/mol. The lowest BCUT2D eigenvalue weighted by molar-refractivity contribution is -0.271. The van der Waals surface area contributed by atoms with Gasteiger partial charge in [-0.1, -0.05) is 55.4 Å². The van der Waals surface area contributed by atoms with Gasteiger partial charge < -0.3 is 35.2 Å². The molecule has 41 heavy (non-hydrogen) atoms. The monoisotopic (exact) mass is 567 g/mol. The topological polar surface area (TPSA) is 146 Å². The minimum Gasteiger partial charge on any atom is -0.479 e. The number of carboxylic acids is 1. The number of hydrogen-bond acceptors (Lipinski definition) is 7. The minimum atomic E-state index is -1.80. The van der Waals surface area contributed by atoms with Crippen molar-refractivity contribution in [1.29, 1.82) is 0 Å². The molecule has 9 heteroatoms. The number of ether oxygens (including phenoxy) is 2. The van der Waals surface area contributed by atoms with Crippen molar-refractivity contribution >= 4 is 17.6 Å². The van der Waals surface area contributed by atoms with Gasteiger partial charge in [0.1, 0.15) is 24.1 Å². The van der Waals surface area contributed by atoms with E-state index in [2.05, 4.69) is 38.2 Å². The van der Waals surface area contributed by atoms with Crippen molar-refractivity contribution < 1.29 is 39.5 Å². The quantitative estimate of drug-likeness (QED) is 0.218. The number of carboxylic acid groups (broad SMARTS) is 1. The Morgan fingerprint density at radius 2 is 1.71 bits per heavy atom. The molecule has 0 radical (unpaired) electrons. The predicted octanol–water partition coefficient (Wildman–Crippen LogP) is 4.43. The number of benzene rings is 1. The van der Waals surface area contributed by atoms with Crippen molar-refractivity contribution in [2.45, 2.75) is 84.6 Å². The third kappa shape index (κ3) is 8.74. The van der Waals surface area contributed by atoms with Gasteiger partial charge in [-0.15, -0.1) is 0 Å². The summed E-state index contributed by atoms with van der Waals surface area (Å²) in [6.07, 6.45) is 6.69. The highest BCUT2D eigenvalue weighted by atomic mass is 16.7. The van der Waals surface area contributed by atoms with Crippen LogP contribution in [0.25, 0.3) is 0 Å². The van der Waals surface area contributed by atoms with E-state index in [0.717, 1.165) is 17.6 Å². The van der Waals surface area contributed by atoms with Crippen molar-refractivity contribution in [3.05, 3.63) is 83.0 Å². The Morgan fingerprint density at radius 1 is 1.02 bits per heavy atom. The van der Waals surface area contributed by atoms with Crippen LogP contribution in [0.1, 0.15) is 53.9 Å². The molecule has 1 saturated heterocycles. The van der Waals surface area contributed by atoms with Crippen molar-refractivity contribution in [2.24, 2.45) is 5.41 Å². The summed E-state index contributed by atoms with van der Waals surface area (Å²) in [4.78, 5) is 23.7. The van der Waals surface area contributed by atoms with E-state index in [1.54, 1.807) is 12.1 Å². The zero-order valence-electron chi connectivity index (χ0n) is 24.2. The predicted molar refractivity (Wildman–Crippen MR) is 156 cm³/mol. The third-order valence-corrected chi connectivity index (χ3v) is 7.32. The second-order valence-electron chi connectivity index (χ2n) is 11.3. The summed E-state index contributed by atoms with van der Waals surface area (Å²) < 4.78 is 10.6. The van der Waals surface area contributed by atoms with Crippen molar-refractivity contribution in [2.75, 3.05) is 5.32 Å². The molecule has 1 fully saturated rings. The molecule has 0 aromatic heterocycles. The highest BCUT2D eigenvalue weighted by Gasteiger charge is 2.48. The van der Waals surface area contributed by atoms with Crippen LogP contribution < -0.4 is 10.1 Å². The van der Waals surface area contributed by atoms with Crippen LogP contribution in [0.3, 0.4) is 0 Å². The fourth-order valence-corrected chi connectivity index (χ4v) is 4.97. The number of rotatable bonds is 9. The van der Waals surface area contributed by atoms with Crippen LogP contribution >= 0.6 is 0 Å². The molecule has 9 nitrogen and oxygen atoms in total. The Hall–Kier alpha value is -3.50. The van der Waals surface area contributed by atoms with E-state index in [0.29, 0.717) is 5.69 Å². The van der Waals surface area contributed by atoms with Crippen LogP contribution in [0, 0.1) is 5.41 Å². The summed E-state index contributed by atoms with van der Waals surface area (Å²) in [7, 11) is 0. The molecular formula is C32H41NO8. The number of aliphatic hydroxyl groups is 3. The van der Waals surface area contributed by atoms with Crippen LogP contribution in [0.15, 0.2) is 83.0 Å². The molecule has 222 valence electrons. The molecule has 1 aliphatic carbocycles. The van der Waals surface area contributed by atoms with Gasteiger partial charge in [0.2, 0.25) is 12.2 Å². The van der Waals surface area contributed by atoms with Gasteiger partial charge in [-0.05, 0) is 80.9 Å². The minimum absolute atomic E-state index is 0.195. The normalized spacial score (nSPS) is 27.4. The van der Waals surface area contributed by atoms with Crippen LogP contribution in [0.5, 0.6) is 5.75 Å². The summed E-state index contributed by atoms with van der Waals surface area (Å²) in [5.74, 6) is -1.62. The zero-order valence-corrected chi connectivity index (χ0v) is 24.2. The van der Waals surface area contributed by atoms with Crippen molar-refractivity contribution in [3.8, 4) is 5.75 Å². The molecule has 3 rings (SSSR count). The second kappa shape index (κ2) is 13.9. The van der Waals surface area contributed by atoms with E-state index >= 15 is 0 Å². The second-order valence-corrected chi connectivity index (χ2v) is 11.3. The summed E-state index contributed by atoms with van der Waals surface area (Å²) >= 11 is 0. The van der Waals surface area contributed by atoms with E-state index in [1.165, 1.54) is 42.2 Å². The van der Waals surface area contributed by atoms with Gasteiger partial charge in [0.15, 0.2) is 6.10 Å². The largest absolute Gasteiger partial charge is 0.479 e. The number of nitrogens with one attached hydrogen (secondary N) is 1. The van der Waals surface area contributed by atoms with E-state index in [4.69, 9.17) is 14.6 Å². The molecular weight excluding hydrogens is 526 g/mol. The first-order chi connectivity index (χ1) is 19.3. The lowest BCUT2D eigenvalue weighted by atomic mass is 9.72. The Kier molecular flexibility index (Phi) is 10.9. The number of aliphatic carboxylic acids is 1. The molecule has 1 amide bonds. The number of allylic oxidation sites excluding steroid dienone is 9. The van der Waals surface area contributed by atoms with E-state index in [-0.39, 0.29) is 17.1 Å². The number of aliphatic hydroxyl groups excluding tert-OH is 3. The molecule has 5 unspecified atom stereocenters. The Balaban J connectivity index is 1.54. The number of carbonyl (C=O) groups excluding carboxylic acids is 1. The highest BCUT2D eigenvalue weighted by Crippen LogP contribution is 2.40. The summed E-state index contributed by atoms with van der Waals surface area (Å²) in [6.45, 7) is 10.7. The molecule has 1 aliphatic heterocycles. The zero-order chi connectivity index (χ0) is 30.3. The van der Waals surface area contributed by atoms with Gasteiger partial charge >= 0.3 is 5.97 Å². The summed E-state index contributed by atoms with van der Waals surface area (Å²) in [6, 6.07) is 6.10. The van der Waals surface area contributed by atoms with Gasteiger partial charge in [0.05, 0.1) is 0 Å². The molecule has 1 aromatic rings. The van der Waals surface area contributed by atoms with E-state index < -0.39 is 36.7 Å². The first-order valence-electron chi connectivity index (χ1n) is 13.7. The molecule has 1 heterocycles. The van der Waals surface area contributed by atoms with E-state index in [1.807, 2.05) is 32.1 Å². The van der Waals surface area contributed by atoms with Crippen LogP contribution in [-0.4, -0.2) is 63.0 Å². The Morgan fingerprint density at radius 3 is 2.34 bits per heavy atom. The van der Waals surface area contributed by atoms with E-state index in [9.17, 15) is 24.9 Å². The number of amides is 1. The highest BCUT2D eigenvalue weighted by molar-refractivity contribution is 6.00. The molecule has 0 saturated carbocycles. The lowest BCUT2D eigenvalue weighted by Crippen LogP contribution is -2.61. The maximum Gasteiger partial charge on any atom is 0.335 e. The Labute approximate surface area is 241 Å².